The number of fused-ring (bicyclic) bond motifs is 5. The van der Waals surface area contributed by atoms with Crippen molar-refractivity contribution in [2.75, 3.05) is 0 Å². The third-order valence-corrected chi connectivity index (χ3v) is 7.92. The van der Waals surface area contributed by atoms with Gasteiger partial charge in [-0.05, 0) is 62.0 Å². The van der Waals surface area contributed by atoms with Crippen molar-refractivity contribution in [2.45, 2.75) is 64.3 Å². The molecular weight excluding hydrogens is 307 g/mol. The van der Waals surface area contributed by atoms with Crippen LogP contribution < -0.4 is 0 Å². The van der Waals surface area contributed by atoms with E-state index in [2.05, 4.69) is 0 Å². The van der Waals surface area contributed by atoms with Gasteiger partial charge < -0.3 is 10.2 Å². The fourth-order valence-electron chi connectivity index (χ4n) is 6.55. The van der Waals surface area contributed by atoms with Crippen LogP contribution in [0.1, 0.15) is 46.5 Å². The smallest absolute Gasteiger partial charge is 0.178 e. The van der Waals surface area contributed by atoms with Crippen LogP contribution in [-0.4, -0.2) is 33.9 Å². The zero-order chi connectivity index (χ0) is 17.5. The van der Waals surface area contributed by atoms with E-state index in [1.165, 1.54) is 6.08 Å². The van der Waals surface area contributed by atoms with Crippen LogP contribution in [0.15, 0.2) is 23.8 Å². The average molecular weight is 334 g/mol. The highest BCUT2D eigenvalue weighted by molar-refractivity contribution is 6.01. The molecule has 0 radical (unpaired) electrons. The number of rotatable bonds is 0. The van der Waals surface area contributed by atoms with Crippen LogP contribution in [-0.2, 0) is 4.79 Å². The highest BCUT2D eigenvalue weighted by Gasteiger charge is 2.70. The number of aliphatic hydroxyl groups excluding tert-OH is 2. The summed E-state index contributed by atoms with van der Waals surface area (Å²) in [6.07, 6.45) is 5.47. The third kappa shape index (κ3) is 1.71. The summed E-state index contributed by atoms with van der Waals surface area (Å²) in [5, 5.41) is 21.6. The second-order valence-corrected chi connectivity index (χ2v) is 9.01. The molecule has 0 amide bonds. The lowest BCUT2D eigenvalue weighted by Crippen LogP contribution is -2.66. The zero-order valence-electron chi connectivity index (χ0n) is 14.6. The SMILES string of the molecule is C[C@@H]1C[C@H]2[C@@H]3CCC4=CC(=O)C=C[C@]4(C)[C@@]3(F)[C@@H](O)C[C@]2(C)[C@H]1O. The van der Waals surface area contributed by atoms with Crippen LogP contribution in [0.4, 0.5) is 4.39 Å². The number of halogens is 1. The van der Waals surface area contributed by atoms with E-state index in [4.69, 9.17) is 0 Å². The molecular formula is C20H27FO3. The Hall–Kier alpha value is -1.00. The van der Waals surface area contributed by atoms with Gasteiger partial charge in [-0.3, -0.25) is 4.79 Å². The fraction of sp³-hybridized carbons (Fsp3) is 0.750. The maximum atomic E-state index is 16.6. The molecule has 2 N–H and O–H groups in total. The van der Waals surface area contributed by atoms with E-state index in [1.54, 1.807) is 12.2 Å². The van der Waals surface area contributed by atoms with Crippen LogP contribution in [0, 0.1) is 28.6 Å². The number of hydrogen-bond donors (Lipinski definition) is 2. The lowest BCUT2D eigenvalue weighted by molar-refractivity contribution is -0.201. The molecule has 0 aliphatic heterocycles. The Bertz CT molecular complexity index is 655. The first-order valence-electron chi connectivity index (χ1n) is 9.14. The molecule has 24 heavy (non-hydrogen) atoms. The third-order valence-electron chi connectivity index (χ3n) is 7.92. The van der Waals surface area contributed by atoms with Crippen LogP contribution in [0.25, 0.3) is 0 Å². The predicted octanol–water partition coefficient (Wildman–Crippen LogP) is 2.96. The van der Waals surface area contributed by atoms with Gasteiger partial charge in [0.15, 0.2) is 11.5 Å². The van der Waals surface area contributed by atoms with Gasteiger partial charge in [-0.15, -0.1) is 0 Å². The number of aliphatic hydroxyl groups is 2. The molecule has 0 saturated heterocycles. The summed E-state index contributed by atoms with van der Waals surface area (Å²) in [5.41, 5.74) is -2.32. The van der Waals surface area contributed by atoms with Gasteiger partial charge in [-0.1, -0.05) is 25.5 Å². The van der Waals surface area contributed by atoms with Crippen LogP contribution in [0.2, 0.25) is 0 Å². The number of alkyl halides is 1. The molecule has 0 heterocycles. The molecule has 0 bridgehead atoms. The minimum atomic E-state index is -1.78. The van der Waals surface area contributed by atoms with Crippen LogP contribution in [0.3, 0.4) is 0 Å². The number of ketones is 1. The van der Waals surface area contributed by atoms with Crippen molar-refractivity contribution in [3.63, 3.8) is 0 Å². The van der Waals surface area contributed by atoms with E-state index in [-0.39, 0.29) is 30.0 Å². The second-order valence-electron chi connectivity index (χ2n) is 9.01. The fourth-order valence-corrected chi connectivity index (χ4v) is 6.55. The van der Waals surface area contributed by atoms with Gasteiger partial charge in [0.2, 0.25) is 0 Å². The minimum Gasteiger partial charge on any atom is -0.392 e. The number of allylic oxidation sites excluding steroid dienone is 4. The molecule has 3 nitrogen and oxygen atoms in total. The molecule has 132 valence electrons. The van der Waals surface area contributed by atoms with E-state index in [9.17, 15) is 15.0 Å². The first kappa shape index (κ1) is 16.5. The largest absolute Gasteiger partial charge is 0.392 e. The Morgan fingerprint density at radius 2 is 1.96 bits per heavy atom. The van der Waals surface area contributed by atoms with Gasteiger partial charge in [-0.2, -0.15) is 0 Å². The van der Waals surface area contributed by atoms with Crippen LogP contribution in [0.5, 0.6) is 0 Å². The lowest BCUT2D eigenvalue weighted by atomic mass is 9.46. The number of carbonyl (C=O) groups excluding carboxylic acids is 1. The molecule has 0 aromatic carbocycles. The van der Waals surface area contributed by atoms with Crippen molar-refractivity contribution in [3.8, 4) is 0 Å². The molecule has 0 unspecified atom stereocenters. The summed E-state index contributed by atoms with van der Waals surface area (Å²) >= 11 is 0. The molecule has 3 fully saturated rings. The predicted molar refractivity (Wildman–Crippen MR) is 88.9 cm³/mol. The monoisotopic (exact) mass is 334 g/mol. The lowest BCUT2D eigenvalue weighted by Gasteiger charge is -2.61. The van der Waals surface area contributed by atoms with Gasteiger partial charge in [0.1, 0.15) is 0 Å². The van der Waals surface area contributed by atoms with Crippen molar-refractivity contribution in [1.29, 1.82) is 0 Å². The average Bonchev–Trinajstić information content (AvgIpc) is 2.74. The van der Waals surface area contributed by atoms with E-state index in [0.29, 0.717) is 12.8 Å². The topological polar surface area (TPSA) is 57.5 Å². The van der Waals surface area contributed by atoms with E-state index >= 15 is 4.39 Å². The molecule has 8 atom stereocenters. The highest BCUT2D eigenvalue weighted by Crippen LogP contribution is 2.68. The summed E-state index contributed by atoms with van der Waals surface area (Å²) in [4.78, 5) is 11.7. The number of hydrogen-bond acceptors (Lipinski definition) is 3. The summed E-state index contributed by atoms with van der Waals surface area (Å²) in [5.74, 6) is -0.182. The molecule has 4 aliphatic carbocycles. The molecule has 3 saturated carbocycles. The summed E-state index contributed by atoms with van der Waals surface area (Å²) in [6.45, 7) is 5.87. The maximum Gasteiger partial charge on any atom is 0.178 e. The molecule has 4 aliphatic rings. The highest BCUT2D eigenvalue weighted by atomic mass is 19.1. The van der Waals surface area contributed by atoms with Crippen molar-refractivity contribution in [3.05, 3.63) is 23.8 Å². The summed E-state index contributed by atoms with van der Waals surface area (Å²) in [6, 6.07) is 0. The van der Waals surface area contributed by atoms with Crippen molar-refractivity contribution < 1.29 is 19.4 Å². The van der Waals surface area contributed by atoms with Crippen molar-refractivity contribution in [1.82, 2.24) is 0 Å². The summed E-state index contributed by atoms with van der Waals surface area (Å²) in [7, 11) is 0. The van der Waals surface area contributed by atoms with Gasteiger partial charge in [0.25, 0.3) is 0 Å². The number of carbonyl (C=O) groups is 1. The van der Waals surface area contributed by atoms with E-state index < -0.39 is 28.7 Å². The van der Waals surface area contributed by atoms with E-state index in [0.717, 1.165) is 12.0 Å². The van der Waals surface area contributed by atoms with Gasteiger partial charge >= 0.3 is 0 Å². The molecule has 0 aromatic heterocycles. The maximum absolute atomic E-state index is 16.6. The molecule has 0 aromatic rings. The van der Waals surface area contributed by atoms with Crippen LogP contribution >= 0.6 is 0 Å². The van der Waals surface area contributed by atoms with Crippen molar-refractivity contribution in [2.24, 2.45) is 28.6 Å². The zero-order valence-corrected chi connectivity index (χ0v) is 14.6. The Labute approximate surface area is 142 Å². The molecule has 4 rings (SSSR count). The molecule has 0 spiro atoms. The Morgan fingerprint density at radius 3 is 2.67 bits per heavy atom. The first-order valence-corrected chi connectivity index (χ1v) is 9.14. The van der Waals surface area contributed by atoms with Gasteiger partial charge in [-0.25, -0.2) is 4.39 Å². The quantitative estimate of drug-likeness (QED) is 0.716. The first-order chi connectivity index (χ1) is 11.1. The summed E-state index contributed by atoms with van der Waals surface area (Å²) < 4.78 is 16.6. The van der Waals surface area contributed by atoms with Gasteiger partial charge in [0, 0.05) is 11.3 Å². The standard InChI is InChI=1S/C20H27FO3/c1-11-8-15-14-5-4-12-9-13(22)6-7-19(12,3)20(14,21)16(23)10-18(15,2)17(11)24/h6-7,9,11,14-17,23-24H,4-5,8,10H2,1-3H3/t11-,14+,15+,16+,17+,18+,19+,20+/m1/s1. The Balaban J connectivity index is 1.83. The second kappa shape index (κ2) is 4.79. The normalized spacial score (nSPS) is 56.3. The Kier molecular flexibility index (Phi) is 3.29. The Morgan fingerprint density at radius 1 is 1.25 bits per heavy atom. The van der Waals surface area contributed by atoms with Crippen molar-refractivity contribution >= 4 is 5.78 Å². The van der Waals surface area contributed by atoms with Gasteiger partial charge in [0.05, 0.1) is 12.2 Å². The molecule has 4 heteroatoms. The minimum absolute atomic E-state index is 0.0697. The van der Waals surface area contributed by atoms with E-state index in [1.807, 2.05) is 20.8 Å².